The van der Waals surface area contributed by atoms with E-state index in [9.17, 15) is 9.18 Å². The molecule has 2 rings (SSSR count). The number of rotatable bonds is 3. The van der Waals surface area contributed by atoms with Gasteiger partial charge < -0.3 is 9.64 Å². The number of likely N-dealkylation sites (tertiary alicyclic amines) is 1. The van der Waals surface area contributed by atoms with Gasteiger partial charge in [-0.05, 0) is 68.0 Å². The topological polar surface area (TPSA) is 32.8 Å². The molecule has 1 saturated heterocycles. The van der Waals surface area contributed by atoms with Crippen molar-refractivity contribution in [1.82, 2.24) is 9.80 Å². The molecule has 1 amide bonds. The highest BCUT2D eigenvalue weighted by Gasteiger charge is 2.31. The van der Waals surface area contributed by atoms with Crippen molar-refractivity contribution in [3.8, 4) is 0 Å². The Morgan fingerprint density at radius 2 is 2.17 bits per heavy atom. The molecule has 0 spiro atoms. The molecule has 0 aliphatic carbocycles. The van der Waals surface area contributed by atoms with E-state index in [1.54, 1.807) is 18.0 Å². The van der Waals surface area contributed by atoms with E-state index < -0.39 is 5.60 Å². The highest BCUT2D eigenvalue weighted by atomic mass is 127. The van der Waals surface area contributed by atoms with Crippen LogP contribution in [0.3, 0.4) is 0 Å². The summed E-state index contributed by atoms with van der Waals surface area (Å²) in [6, 6.07) is 5.26. The number of hydrogen-bond donors (Lipinski definition) is 0. The number of nitrogens with zero attached hydrogens (tertiary/aromatic N) is 2. The Bertz CT molecular complexity index is 574. The summed E-state index contributed by atoms with van der Waals surface area (Å²) in [6.07, 6.45) is 0.575. The van der Waals surface area contributed by atoms with Crippen LogP contribution in [-0.2, 0) is 11.3 Å². The predicted octanol–water partition coefficient (Wildman–Crippen LogP) is 3.87. The monoisotopic (exact) mass is 434 g/mol. The third kappa shape index (κ3) is 5.31. The largest absolute Gasteiger partial charge is 0.444 e. The maximum atomic E-state index is 13.9. The minimum Gasteiger partial charge on any atom is -0.444 e. The number of carbonyl (C=O) groups excluding carboxylic acids is 1. The molecule has 0 N–H and O–H groups in total. The molecule has 0 bridgehead atoms. The molecular weight excluding hydrogens is 410 g/mol. The molecule has 1 aromatic carbocycles. The van der Waals surface area contributed by atoms with Gasteiger partial charge in [0.15, 0.2) is 0 Å². The van der Waals surface area contributed by atoms with Crippen LogP contribution < -0.4 is 0 Å². The van der Waals surface area contributed by atoms with Crippen molar-refractivity contribution in [1.29, 1.82) is 0 Å². The predicted molar refractivity (Wildman–Crippen MR) is 96.8 cm³/mol. The Kier molecular flexibility index (Phi) is 5.89. The molecule has 0 aromatic heterocycles. The lowest BCUT2D eigenvalue weighted by Gasteiger charge is -2.28. The minimum atomic E-state index is -0.493. The molecule has 23 heavy (non-hydrogen) atoms. The third-order valence-electron chi connectivity index (χ3n) is 3.88. The average molecular weight is 434 g/mol. The molecule has 1 fully saturated rings. The fourth-order valence-corrected chi connectivity index (χ4v) is 3.22. The zero-order chi connectivity index (χ0) is 17.2. The first-order valence-corrected chi connectivity index (χ1v) is 8.85. The van der Waals surface area contributed by atoms with Crippen LogP contribution in [0.1, 0.15) is 32.8 Å². The van der Waals surface area contributed by atoms with E-state index >= 15 is 0 Å². The molecule has 1 aliphatic heterocycles. The molecule has 1 aromatic rings. The van der Waals surface area contributed by atoms with E-state index in [2.05, 4.69) is 27.5 Å². The van der Waals surface area contributed by atoms with E-state index in [4.69, 9.17) is 4.74 Å². The van der Waals surface area contributed by atoms with Gasteiger partial charge in [0.25, 0.3) is 0 Å². The van der Waals surface area contributed by atoms with Crippen LogP contribution in [0.15, 0.2) is 18.2 Å². The third-order valence-corrected chi connectivity index (χ3v) is 4.55. The SMILES string of the molecule is CN(C(=O)OC(C)(C)C)C1CCN(Cc2cc(I)ccc2F)C1. The first-order valence-electron chi connectivity index (χ1n) is 7.78. The molecule has 1 atom stereocenters. The van der Waals surface area contributed by atoms with Gasteiger partial charge in [0.05, 0.1) is 0 Å². The minimum absolute atomic E-state index is 0.107. The zero-order valence-corrected chi connectivity index (χ0v) is 16.3. The maximum absolute atomic E-state index is 13.9. The van der Waals surface area contributed by atoms with Crippen molar-refractivity contribution in [3.63, 3.8) is 0 Å². The fourth-order valence-electron chi connectivity index (χ4n) is 2.66. The second-order valence-electron chi connectivity index (χ2n) is 7.00. The lowest BCUT2D eigenvalue weighted by atomic mass is 10.2. The van der Waals surface area contributed by atoms with Gasteiger partial charge in [-0.2, -0.15) is 0 Å². The van der Waals surface area contributed by atoms with Crippen molar-refractivity contribution in [2.24, 2.45) is 0 Å². The highest BCUT2D eigenvalue weighted by molar-refractivity contribution is 14.1. The quantitative estimate of drug-likeness (QED) is 0.678. The van der Waals surface area contributed by atoms with E-state index in [1.165, 1.54) is 6.07 Å². The van der Waals surface area contributed by atoms with Crippen LogP contribution in [0.25, 0.3) is 0 Å². The molecule has 0 radical (unpaired) electrons. The van der Waals surface area contributed by atoms with Crippen molar-refractivity contribution in [2.75, 3.05) is 20.1 Å². The molecule has 1 unspecified atom stereocenters. The Labute approximate surface area is 151 Å². The molecule has 128 valence electrons. The van der Waals surface area contributed by atoms with E-state index in [1.807, 2.05) is 26.8 Å². The number of benzene rings is 1. The first kappa shape index (κ1) is 18.4. The number of hydrogen-bond acceptors (Lipinski definition) is 3. The van der Waals surface area contributed by atoms with Gasteiger partial charge in [0.2, 0.25) is 0 Å². The van der Waals surface area contributed by atoms with Gasteiger partial charge in [-0.15, -0.1) is 0 Å². The normalized spacial score (nSPS) is 19.0. The summed E-state index contributed by atoms with van der Waals surface area (Å²) in [5.74, 6) is -0.172. The van der Waals surface area contributed by atoms with E-state index in [-0.39, 0.29) is 18.0 Å². The zero-order valence-electron chi connectivity index (χ0n) is 14.1. The highest BCUT2D eigenvalue weighted by Crippen LogP contribution is 2.21. The Morgan fingerprint density at radius 3 is 2.83 bits per heavy atom. The smallest absolute Gasteiger partial charge is 0.410 e. The van der Waals surface area contributed by atoms with Gasteiger partial charge in [0, 0.05) is 41.9 Å². The number of amides is 1. The van der Waals surface area contributed by atoms with Gasteiger partial charge in [-0.25, -0.2) is 9.18 Å². The molecule has 0 saturated carbocycles. The second kappa shape index (κ2) is 7.34. The number of ether oxygens (including phenoxy) is 1. The summed E-state index contributed by atoms with van der Waals surface area (Å²) in [4.78, 5) is 16.0. The number of halogens is 2. The molecule has 1 aliphatic rings. The summed E-state index contributed by atoms with van der Waals surface area (Å²) in [5.41, 5.74) is 0.213. The van der Waals surface area contributed by atoms with E-state index in [0.29, 0.717) is 12.1 Å². The van der Waals surface area contributed by atoms with Crippen LogP contribution in [0, 0.1) is 9.39 Å². The fraction of sp³-hybridized carbons (Fsp3) is 0.588. The Hall–Kier alpha value is -0.890. The van der Waals surface area contributed by atoms with Crippen LogP contribution >= 0.6 is 22.6 Å². The lowest BCUT2D eigenvalue weighted by Crippen LogP contribution is -2.42. The number of carbonyl (C=O) groups is 1. The second-order valence-corrected chi connectivity index (χ2v) is 8.25. The molecule has 1 heterocycles. The van der Waals surface area contributed by atoms with Gasteiger partial charge in [-0.1, -0.05) is 0 Å². The molecular formula is C17H24FIN2O2. The van der Waals surface area contributed by atoms with Crippen LogP contribution in [0.2, 0.25) is 0 Å². The van der Waals surface area contributed by atoms with Crippen molar-refractivity contribution in [2.45, 2.75) is 45.4 Å². The summed E-state index contributed by atoms with van der Waals surface area (Å²) in [7, 11) is 1.77. The maximum Gasteiger partial charge on any atom is 0.410 e. The van der Waals surface area contributed by atoms with E-state index in [0.717, 1.165) is 23.1 Å². The van der Waals surface area contributed by atoms with Gasteiger partial charge in [0.1, 0.15) is 11.4 Å². The summed E-state index contributed by atoms with van der Waals surface area (Å²) >= 11 is 2.19. The summed E-state index contributed by atoms with van der Waals surface area (Å²) in [5, 5.41) is 0. The van der Waals surface area contributed by atoms with Gasteiger partial charge in [-0.3, -0.25) is 4.90 Å². The van der Waals surface area contributed by atoms with Gasteiger partial charge >= 0.3 is 6.09 Å². The number of likely N-dealkylation sites (N-methyl/N-ethyl adjacent to an activating group) is 1. The van der Waals surface area contributed by atoms with Crippen LogP contribution in [0.5, 0.6) is 0 Å². The lowest BCUT2D eigenvalue weighted by molar-refractivity contribution is 0.0228. The van der Waals surface area contributed by atoms with Crippen LogP contribution in [0.4, 0.5) is 9.18 Å². The Morgan fingerprint density at radius 1 is 1.48 bits per heavy atom. The van der Waals surface area contributed by atoms with Crippen molar-refractivity contribution < 1.29 is 13.9 Å². The van der Waals surface area contributed by atoms with Crippen molar-refractivity contribution in [3.05, 3.63) is 33.1 Å². The molecule has 4 nitrogen and oxygen atoms in total. The standard InChI is InChI=1S/C17H24FIN2O2/c1-17(2,3)23-16(22)20(4)14-7-8-21(11-14)10-12-9-13(19)5-6-15(12)18/h5-6,9,14H,7-8,10-11H2,1-4H3. The molecule has 6 heteroatoms. The van der Waals surface area contributed by atoms with Crippen molar-refractivity contribution >= 4 is 28.7 Å². The summed E-state index contributed by atoms with van der Waals surface area (Å²) in [6.45, 7) is 7.74. The first-order chi connectivity index (χ1) is 10.7. The van der Waals surface area contributed by atoms with Crippen LogP contribution in [-0.4, -0.2) is 47.7 Å². The summed E-state index contributed by atoms with van der Waals surface area (Å²) < 4.78 is 20.3. The Balaban J connectivity index is 1.93. The average Bonchev–Trinajstić information content (AvgIpc) is 2.88.